The van der Waals surface area contributed by atoms with Gasteiger partial charge in [0.25, 0.3) is 0 Å². The normalized spacial score (nSPS) is 19.7. The standard InChI is InChI=1S/C18H23N3O2/c1-2-3-11-19-17(22)12-21-16-10-5-4-8-15(16)20-14-9-6-7-13(14)18(21)23/h4-5,8,10,13H,2-3,6-7,9,11-12H2,1H3,(H,19,22). The fourth-order valence-corrected chi connectivity index (χ4v) is 3.24. The zero-order chi connectivity index (χ0) is 16.2. The van der Waals surface area contributed by atoms with E-state index in [9.17, 15) is 9.59 Å². The van der Waals surface area contributed by atoms with Gasteiger partial charge in [0, 0.05) is 12.3 Å². The van der Waals surface area contributed by atoms with Crippen LogP contribution in [0.25, 0.3) is 0 Å². The van der Waals surface area contributed by atoms with Crippen molar-refractivity contribution in [3.05, 3.63) is 24.3 Å². The smallest absolute Gasteiger partial charge is 0.240 e. The van der Waals surface area contributed by atoms with Crippen LogP contribution in [0.15, 0.2) is 29.3 Å². The van der Waals surface area contributed by atoms with Gasteiger partial charge in [-0.3, -0.25) is 14.6 Å². The van der Waals surface area contributed by atoms with E-state index in [1.807, 2.05) is 24.3 Å². The van der Waals surface area contributed by atoms with Crippen LogP contribution in [0.2, 0.25) is 0 Å². The number of aliphatic imine (C=N–C) groups is 1. The Kier molecular flexibility index (Phi) is 4.74. The highest BCUT2D eigenvalue weighted by Crippen LogP contribution is 2.37. The molecular formula is C18H23N3O2. The third kappa shape index (κ3) is 3.28. The van der Waals surface area contributed by atoms with Gasteiger partial charge in [-0.25, -0.2) is 0 Å². The maximum absolute atomic E-state index is 12.9. The minimum Gasteiger partial charge on any atom is -0.355 e. The molecule has 1 aromatic rings. The van der Waals surface area contributed by atoms with E-state index in [-0.39, 0.29) is 24.3 Å². The van der Waals surface area contributed by atoms with Gasteiger partial charge in [0.05, 0.1) is 17.3 Å². The molecule has 2 amide bonds. The van der Waals surface area contributed by atoms with Gasteiger partial charge in [-0.15, -0.1) is 0 Å². The molecule has 2 aliphatic rings. The van der Waals surface area contributed by atoms with Gasteiger partial charge < -0.3 is 10.2 Å². The largest absolute Gasteiger partial charge is 0.355 e. The highest BCUT2D eigenvalue weighted by Gasteiger charge is 2.36. The van der Waals surface area contributed by atoms with Gasteiger partial charge in [-0.1, -0.05) is 25.5 Å². The van der Waals surface area contributed by atoms with Gasteiger partial charge in [0.15, 0.2) is 0 Å². The Morgan fingerprint density at radius 1 is 1.39 bits per heavy atom. The lowest BCUT2D eigenvalue weighted by molar-refractivity contribution is -0.124. The summed E-state index contributed by atoms with van der Waals surface area (Å²) >= 11 is 0. The summed E-state index contributed by atoms with van der Waals surface area (Å²) in [7, 11) is 0. The van der Waals surface area contributed by atoms with Crippen molar-refractivity contribution in [1.82, 2.24) is 5.32 Å². The molecule has 1 heterocycles. The topological polar surface area (TPSA) is 61.8 Å². The summed E-state index contributed by atoms with van der Waals surface area (Å²) in [6, 6.07) is 7.59. The quantitative estimate of drug-likeness (QED) is 0.850. The summed E-state index contributed by atoms with van der Waals surface area (Å²) in [4.78, 5) is 31.4. The molecule has 5 nitrogen and oxygen atoms in total. The number of fused-ring (bicyclic) bond motifs is 2. The van der Waals surface area contributed by atoms with Crippen molar-refractivity contribution in [3.63, 3.8) is 0 Å². The Labute approximate surface area is 136 Å². The van der Waals surface area contributed by atoms with Gasteiger partial charge in [-0.2, -0.15) is 0 Å². The van der Waals surface area contributed by atoms with Crippen molar-refractivity contribution in [2.75, 3.05) is 18.0 Å². The van der Waals surface area contributed by atoms with E-state index in [4.69, 9.17) is 4.99 Å². The number of nitrogens with zero attached hydrogens (tertiary/aromatic N) is 2. The average molecular weight is 313 g/mol. The van der Waals surface area contributed by atoms with Crippen LogP contribution in [0.4, 0.5) is 11.4 Å². The van der Waals surface area contributed by atoms with E-state index in [0.29, 0.717) is 6.54 Å². The minimum atomic E-state index is -0.161. The number of hydrogen-bond donors (Lipinski definition) is 1. The lowest BCUT2D eigenvalue weighted by Gasteiger charge is -2.24. The number of hydrogen-bond acceptors (Lipinski definition) is 3. The molecule has 1 atom stereocenters. The summed E-state index contributed by atoms with van der Waals surface area (Å²) in [6.45, 7) is 2.81. The lowest BCUT2D eigenvalue weighted by atomic mass is 10.1. The number of anilines is 1. The molecule has 1 aliphatic heterocycles. The van der Waals surface area contributed by atoms with Gasteiger partial charge in [-0.05, 0) is 37.8 Å². The number of amides is 2. The number of carbonyl (C=O) groups is 2. The fourth-order valence-electron chi connectivity index (χ4n) is 3.24. The van der Waals surface area contributed by atoms with Gasteiger partial charge in [0.2, 0.25) is 11.8 Å². The first kappa shape index (κ1) is 15.7. The summed E-state index contributed by atoms with van der Waals surface area (Å²) in [6.07, 6.45) is 4.69. The second kappa shape index (κ2) is 6.94. The Morgan fingerprint density at radius 3 is 3.04 bits per heavy atom. The number of rotatable bonds is 5. The van der Waals surface area contributed by atoms with E-state index in [1.165, 1.54) is 0 Å². The summed E-state index contributed by atoms with van der Waals surface area (Å²) in [5, 5.41) is 2.89. The summed E-state index contributed by atoms with van der Waals surface area (Å²) < 4.78 is 0. The molecule has 1 N–H and O–H groups in total. The van der Waals surface area contributed by atoms with E-state index >= 15 is 0 Å². The summed E-state index contributed by atoms with van der Waals surface area (Å²) in [5.74, 6) is -0.259. The van der Waals surface area contributed by atoms with Crippen LogP contribution in [0.3, 0.4) is 0 Å². The maximum atomic E-state index is 12.9. The van der Waals surface area contributed by atoms with E-state index in [2.05, 4.69) is 12.2 Å². The van der Waals surface area contributed by atoms with Gasteiger partial charge >= 0.3 is 0 Å². The molecule has 0 bridgehead atoms. The zero-order valence-corrected chi connectivity index (χ0v) is 13.5. The predicted octanol–water partition coefficient (Wildman–Crippen LogP) is 2.82. The average Bonchev–Trinajstić information content (AvgIpc) is 2.97. The van der Waals surface area contributed by atoms with Crippen LogP contribution in [-0.4, -0.2) is 30.6 Å². The first-order chi connectivity index (χ1) is 11.2. The van der Waals surface area contributed by atoms with E-state index < -0.39 is 0 Å². The van der Waals surface area contributed by atoms with Gasteiger partial charge in [0.1, 0.15) is 6.54 Å². The molecule has 1 saturated carbocycles. The molecule has 0 spiro atoms. The van der Waals surface area contributed by atoms with Crippen molar-refractivity contribution in [3.8, 4) is 0 Å². The highest BCUT2D eigenvalue weighted by molar-refractivity contribution is 6.16. The molecule has 0 saturated heterocycles. The first-order valence-electron chi connectivity index (χ1n) is 8.45. The first-order valence-corrected chi connectivity index (χ1v) is 8.45. The SMILES string of the molecule is CCCCNC(=O)CN1C(=O)C2CCCC2=Nc2ccccc21. The number of unbranched alkanes of at least 4 members (excludes halogenated alkanes) is 1. The second-order valence-electron chi connectivity index (χ2n) is 6.16. The Hall–Kier alpha value is -2.17. The Bertz CT molecular complexity index is 639. The number of carbonyl (C=O) groups excluding carboxylic acids is 2. The lowest BCUT2D eigenvalue weighted by Crippen LogP contribution is -2.44. The number of benzene rings is 1. The molecule has 1 fully saturated rings. The molecule has 0 aromatic heterocycles. The molecule has 122 valence electrons. The van der Waals surface area contributed by atoms with E-state index in [0.717, 1.165) is 49.2 Å². The molecule has 5 heteroatoms. The van der Waals surface area contributed by atoms with Crippen LogP contribution >= 0.6 is 0 Å². The monoisotopic (exact) mass is 313 g/mol. The van der Waals surface area contributed by atoms with Crippen LogP contribution in [0, 0.1) is 5.92 Å². The molecular weight excluding hydrogens is 290 g/mol. The molecule has 3 rings (SSSR count). The van der Waals surface area contributed by atoms with Crippen LogP contribution in [-0.2, 0) is 9.59 Å². The van der Waals surface area contributed by atoms with Crippen LogP contribution in [0.5, 0.6) is 0 Å². The molecule has 1 unspecified atom stereocenters. The second-order valence-corrected chi connectivity index (χ2v) is 6.16. The Balaban J connectivity index is 1.84. The number of nitrogens with one attached hydrogen (secondary N) is 1. The number of para-hydroxylation sites is 2. The van der Waals surface area contributed by atoms with Crippen molar-refractivity contribution < 1.29 is 9.59 Å². The van der Waals surface area contributed by atoms with Crippen LogP contribution < -0.4 is 10.2 Å². The third-order valence-electron chi connectivity index (χ3n) is 4.48. The van der Waals surface area contributed by atoms with Crippen molar-refractivity contribution in [1.29, 1.82) is 0 Å². The minimum absolute atomic E-state index is 0.0110. The molecule has 1 aromatic carbocycles. The summed E-state index contributed by atoms with van der Waals surface area (Å²) in [5.41, 5.74) is 2.50. The van der Waals surface area contributed by atoms with Crippen molar-refractivity contribution >= 4 is 28.9 Å². The Morgan fingerprint density at radius 2 is 2.22 bits per heavy atom. The molecule has 23 heavy (non-hydrogen) atoms. The van der Waals surface area contributed by atoms with Crippen molar-refractivity contribution in [2.45, 2.75) is 39.0 Å². The van der Waals surface area contributed by atoms with E-state index in [1.54, 1.807) is 4.90 Å². The fraction of sp³-hybridized carbons (Fsp3) is 0.500. The maximum Gasteiger partial charge on any atom is 0.240 e. The third-order valence-corrected chi connectivity index (χ3v) is 4.48. The molecule has 1 aliphatic carbocycles. The highest BCUT2D eigenvalue weighted by atomic mass is 16.2. The zero-order valence-electron chi connectivity index (χ0n) is 13.5. The molecule has 0 radical (unpaired) electrons. The van der Waals surface area contributed by atoms with Crippen molar-refractivity contribution in [2.24, 2.45) is 10.9 Å². The predicted molar refractivity (Wildman–Crippen MR) is 91.1 cm³/mol. The van der Waals surface area contributed by atoms with Crippen LogP contribution in [0.1, 0.15) is 39.0 Å².